The number of anilines is 1. The number of ether oxygens (including phenoxy) is 1. The van der Waals surface area contributed by atoms with Crippen molar-refractivity contribution >= 4 is 26.5 Å². The van der Waals surface area contributed by atoms with Crippen molar-refractivity contribution in [3.8, 4) is 0 Å². The van der Waals surface area contributed by atoms with Crippen LogP contribution in [0.5, 0.6) is 0 Å². The molecule has 1 rings (SSSR count). The number of hydrogen-bond donors (Lipinski definition) is 1. The molecule has 0 bridgehead atoms. The van der Waals surface area contributed by atoms with E-state index >= 15 is 0 Å². The van der Waals surface area contributed by atoms with Crippen molar-refractivity contribution in [3.63, 3.8) is 0 Å². The van der Waals surface area contributed by atoms with Crippen LogP contribution in [0.2, 0.25) is 0 Å². The number of aromatic nitrogens is 2. The average molecular weight is 280 g/mol. The highest BCUT2D eigenvalue weighted by atomic mass is 32.2. The second-order valence-electron chi connectivity index (χ2n) is 3.65. The number of nitrogen functional groups attached to an aromatic ring is 1. The Balaban J connectivity index is 2.64. The summed E-state index contributed by atoms with van der Waals surface area (Å²) in [5.74, 6) is 0. The number of likely N-dealkylation sites (N-methyl/N-ethyl adjacent to an activating group) is 1. The molecule has 7 nitrogen and oxygen atoms in total. The largest absolute Gasteiger partial charge is 0.377 e. The van der Waals surface area contributed by atoms with Crippen LogP contribution in [-0.2, 0) is 14.8 Å². The van der Waals surface area contributed by atoms with E-state index in [9.17, 15) is 8.42 Å². The SMILES string of the molecule is CC(C)OCCN(C)S(=O)(=O)c1nnc(N)s1. The fourth-order valence-electron chi connectivity index (χ4n) is 0.995. The highest BCUT2D eigenvalue weighted by Crippen LogP contribution is 2.19. The predicted molar refractivity (Wildman–Crippen MR) is 65.2 cm³/mol. The molecule has 2 N–H and O–H groups in total. The minimum absolute atomic E-state index is 0.0725. The van der Waals surface area contributed by atoms with E-state index in [1.165, 1.54) is 11.4 Å². The summed E-state index contributed by atoms with van der Waals surface area (Å²) in [6.07, 6.45) is 0.0725. The first kappa shape index (κ1) is 14.3. The Morgan fingerprint density at radius 3 is 2.59 bits per heavy atom. The monoisotopic (exact) mass is 280 g/mol. The standard InChI is InChI=1S/C8H16N4O3S2/c1-6(2)15-5-4-12(3)17(13,14)8-11-10-7(9)16-8/h6H,4-5H2,1-3H3,(H2,9,10). The molecule has 0 atom stereocenters. The van der Waals surface area contributed by atoms with Crippen molar-refractivity contribution in [1.82, 2.24) is 14.5 Å². The van der Waals surface area contributed by atoms with Gasteiger partial charge in [-0.2, -0.15) is 4.31 Å². The molecule has 17 heavy (non-hydrogen) atoms. The van der Waals surface area contributed by atoms with Gasteiger partial charge in [-0.05, 0) is 13.8 Å². The van der Waals surface area contributed by atoms with Crippen LogP contribution in [0.4, 0.5) is 5.13 Å². The summed E-state index contributed by atoms with van der Waals surface area (Å²) >= 11 is 0.848. The second-order valence-corrected chi connectivity index (χ2v) is 6.88. The lowest BCUT2D eigenvalue weighted by Gasteiger charge is -2.15. The van der Waals surface area contributed by atoms with E-state index in [2.05, 4.69) is 10.2 Å². The molecule has 0 spiro atoms. The molecular weight excluding hydrogens is 264 g/mol. The van der Waals surface area contributed by atoms with E-state index in [4.69, 9.17) is 10.5 Å². The molecule has 1 heterocycles. The molecule has 0 aliphatic carbocycles. The molecule has 9 heteroatoms. The molecule has 98 valence electrons. The summed E-state index contributed by atoms with van der Waals surface area (Å²) in [6, 6.07) is 0. The number of nitrogens with zero attached hydrogens (tertiary/aromatic N) is 3. The minimum Gasteiger partial charge on any atom is -0.377 e. The normalized spacial score (nSPS) is 12.5. The van der Waals surface area contributed by atoms with E-state index in [1.807, 2.05) is 13.8 Å². The zero-order valence-electron chi connectivity index (χ0n) is 9.95. The van der Waals surface area contributed by atoms with Gasteiger partial charge in [-0.25, -0.2) is 8.42 Å². The summed E-state index contributed by atoms with van der Waals surface area (Å²) in [4.78, 5) is 0. The third-order valence-electron chi connectivity index (χ3n) is 1.91. The van der Waals surface area contributed by atoms with Crippen molar-refractivity contribution in [2.75, 3.05) is 25.9 Å². The number of nitrogens with two attached hydrogens (primary N) is 1. The first-order chi connectivity index (χ1) is 7.84. The molecule has 0 amide bonds. The van der Waals surface area contributed by atoms with Crippen LogP contribution in [0.15, 0.2) is 4.34 Å². The molecule has 0 saturated heterocycles. The van der Waals surface area contributed by atoms with Gasteiger partial charge in [0.05, 0.1) is 12.7 Å². The first-order valence-electron chi connectivity index (χ1n) is 5.01. The molecular formula is C8H16N4O3S2. The lowest BCUT2D eigenvalue weighted by atomic mass is 10.5. The van der Waals surface area contributed by atoms with Crippen LogP contribution < -0.4 is 5.73 Å². The Bertz CT molecular complexity index is 457. The topological polar surface area (TPSA) is 98.4 Å². The van der Waals surface area contributed by atoms with Crippen LogP contribution in [0.25, 0.3) is 0 Å². The van der Waals surface area contributed by atoms with E-state index in [-0.39, 0.29) is 22.1 Å². The molecule has 0 unspecified atom stereocenters. The van der Waals surface area contributed by atoms with Gasteiger partial charge in [-0.1, -0.05) is 11.3 Å². The van der Waals surface area contributed by atoms with Gasteiger partial charge in [0.15, 0.2) is 0 Å². The van der Waals surface area contributed by atoms with E-state index in [0.717, 1.165) is 11.3 Å². The maximum Gasteiger partial charge on any atom is 0.272 e. The van der Waals surface area contributed by atoms with E-state index < -0.39 is 10.0 Å². The minimum atomic E-state index is -3.60. The molecule has 0 fully saturated rings. The fraction of sp³-hybridized carbons (Fsp3) is 0.750. The molecule has 0 saturated carbocycles. The number of rotatable bonds is 6. The van der Waals surface area contributed by atoms with Gasteiger partial charge < -0.3 is 10.5 Å². The van der Waals surface area contributed by atoms with Crippen LogP contribution >= 0.6 is 11.3 Å². The highest BCUT2D eigenvalue weighted by molar-refractivity contribution is 7.91. The quantitative estimate of drug-likeness (QED) is 0.797. The Morgan fingerprint density at radius 2 is 2.12 bits per heavy atom. The van der Waals surface area contributed by atoms with Crippen LogP contribution in [0.1, 0.15) is 13.8 Å². The smallest absolute Gasteiger partial charge is 0.272 e. The average Bonchev–Trinajstić information content (AvgIpc) is 2.64. The Hall–Kier alpha value is -0.770. The summed E-state index contributed by atoms with van der Waals surface area (Å²) in [5.41, 5.74) is 5.35. The van der Waals surface area contributed by atoms with Gasteiger partial charge in [0.25, 0.3) is 10.0 Å². The summed E-state index contributed by atoms with van der Waals surface area (Å²) in [5, 5.41) is 7.14. The van der Waals surface area contributed by atoms with Crippen molar-refractivity contribution in [2.45, 2.75) is 24.3 Å². The summed E-state index contributed by atoms with van der Waals surface area (Å²) < 4.78 is 30.3. The number of hydrogen-bond acceptors (Lipinski definition) is 7. The molecule has 0 aliphatic heterocycles. The maximum absolute atomic E-state index is 11.9. The van der Waals surface area contributed by atoms with Gasteiger partial charge >= 0.3 is 0 Å². The molecule has 0 aliphatic rings. The van der Waals surface area contributed by atoms with Crippen molar-refractivity contribution in [3.05, 3.63) is 0 Å². The fourth-order valence-corrected chi connectivity index (χ4v) is 3.12. The van der Waals surface area contributed by atoms with E-state index in [1.54, 1.807) is 0 Å². The lowest BCUT2D eigenvalue weighted by molar-refractivity contribution is 0.0737. The maximum atomic E-state index is 11.9. The lowest BCUT2D eigenvalue weighted by Crippen LogP contribution is -2.30. The Kier molecular flexibility index (Phi) is 4.80. The van der Waals surface area contributed by atoms with Crippen molar-refractivity contribution < 1.29 is 13.2 Å². The third kappa shape index (κ3) is 3.87. The zero-order chi connectivity index (χ0) is 13.1. The van der Waals surface area contributed by atoms with Gasteiger partial charge in [-0.3, -0.25) is 0 Å². The van der Waals surface area contributed by atoms with Crippen LogP contribution in [-0.4, -0.2) is 49.2 Å². The van der Waals surface area contributed by atoms with Gasteiger partial charge in [0, 0.05) is 13.6 Å². The molecule has 0 aromatic carbocycles. The second kappa shape index (κ2) is 5.71. The van der Waals surface area contributed by atoms with Crippen molar-refractivity contribution in [1.29, 1.82) is 0 Å². The first-order valence-corrected chi connectivity index (χ1v) is 7.26. The van der Waals surface area contributed by atoms with Gasteiger partial charge in [-0.15, -0.1) is 10.2 Å². The third-order valence-corrected chi connectivity index (χ3v) is 4.87. The molecule has 1 aromatic rings. The summed E-state index contributed by atoms with van der Waals surface area (Å²) in [7, 11) is -2.13. The summed E-state index contributed by atoms with van der Waals surface area (Å²) in [6.45, 7) is 4.38. The zero-order valence-corrected chi connectivity index (χ0v) is 11.6. The molecule has 1 aromatic heterocycles. The van der Waals surface area contributed by atoms with Crippen LogP contribution in [0.3, 0.4) is 0 Å². The number of sulfonamides is 1. The molecule has 0 radical (unpaired) electrons. The van der Waals surface area contributed by atoms with Gasteiger partial charge in [0.1, 0.15) is 0 Å². The predicted octanol–water partition coefficient (Wildman–Crippen LogP) is 0.166. The van der Waals surface area contributed by atoms with E-state index in [0.29, 0.717) is 6.61 Å². The Morgan fingerprint density at radius 1 is 1.47 bits per heavy atom. The van der Waals surface area contributed by atoms with Crippen molar-refractivity contribution in [2.24, 2.45) is 0 Å². The highest BCUT2D eigenvalue weighted by Gasteiger charge is 2.24. The van der Waals surface area contributed by atoms with Gasteiger partial charge in [0.2, 0.25) is 9.47 Å². The van der Waals surface area contributed by atoms with Crippen LogP contribution in [0, 0.1) is 0 Å². The Labute approximate surface area is 105 Å².